The monoisotopic (exact) mass is 277 g/mol. The van der Waals surface area contributed by atoms with Crippen LogP contribution in [0, 0.1) is 12.3 Å². The molecule has 20 heavy (non-hydrogen) atoms. The standard InChI is InChI=1S/C16H23NO3/c1-4-6-10-20-15-8-7-14(12-16(15)19-5-2)13-17-9-11-18-3/h1,7-8,12,17H,5-6,9-11,13H2,2-3H3. The van der Waals surface area contributed by atoms with Crippen molar-refractivity contribution in [2.24, 2.45) is 0 Å². The lowest BCUT2D eigenvalue weighted by Crippen LogP contribution is -2.18. The van der Waals surface area contributed by atoms with Gasteiger partial charge in [0.25, 0.3) is 0 Å². The fourth-order valence-electron chi connectivity index (χ4n) is 1.68. The fraction of sp³-hybridized carbons (Fsp3) is 0.500. The Morgan fingerprint density at radius 3 is 2.75 bits per heavy atom. The second-order valence-electron chi connectivity index (χ2n) is 4.19. The molecule has 0 aliphatic rings. The number of ether oxygens (including phenoxy) is 3. The van der Waals surface area contributed by atoms with Crippen LogP contribution in [-0.2, 0) is 11.3 Å². The first-order chi connectivity index (χ1) is 9.81. The Morgan fingerprint density at radius 1 is 1.20 bits per heavy atom. The number of benzene rings is 1. The maximum absolute atomic E-state index is 5.62. The van der Waals surface area contributed by atoms with E-state index >= 15 is 0 Å². The summed E-state index contributed by atoms with van der Waals surface area (Å²) in [6, 6.07) is 5.94. The number of hydrogen-bond donors (Lipinski definition) is 1. The van der Waals surface area contributed by atoms with Gasteiger partial charge in [-0.3, -0.25) is 0 Å². The van der Waals surface area contributed by atoms with E-state index in [0.29, 0.717) is 26.2 Å². The zero-order valence-electron chi connectivity index (χ0n) is 12.3. The van der Waals surface area contributed by atoms with Crippen LogP contribution in [0.3, 0.4) is 0 Å². The molecule has 4 nitrogen and oxygen atoms in total. The van der Waals surface area contributed by atoms with Crippen molar-refractivity contribution in [3.05, 3.63) is 23.8 Å². The van der Waals surface area contributed by atoms with Crippen LogP contribution < -0.4 is 14.8 Å². The van der Waals surface area contributed by atoms with Gasteiger partial charge < -0.3 is 19.5 Å². The van der Waals surface area contributed by atoms with Crippen LogP contribution in [0.2, 0.25) is 0 Å². The van der Waals surface area contributed by atoms with Crippen molar-refractivity contribution < 1.29 is 14.2 Å². The summed E-state index contributed by atoms with van der Waals surface area (Å²) in [6.07, 6.45) is 5.80. The molecule has 110 valence electrons. The Balaban J connectivity index is 2.61. The zero-order valence-corrected chi connectivity index (χ0v) is 12.3. The molecule has 4 heteroatoms. The summed E-state index contributed by atoms with van der Waals surface area (Å²) in [5.74, 6) is 4.05. The number of methoxy groups -OCH3 is 1. The summed E-state index contributed by atoms with van der Waals surface area (Å²) in [5.41, 5.74) is 1.15. The molecule has 0 radical (unpaired) electrons. The zero-order chi connectivity index (χ0) is 14.6. The molecule has 0 saturated carbocycles. The van der Waals surface area contributed by atoms with Gasteiger partial charge in [0.15, 0.2) is 11.5 Å². The average molecular weight is 277 g/mol. The van der Waals surface area contributed by atoms with Gasteiger partial charge in [-0.05, 0) is 24.6 Å². The first-order valence-electron chi connectivity index (χ1n) is 6.83. The maximum atomic E-state index is 5.62. The van der Waals surface area contributed by atoms with Crippen molar-refractivity contribution in [3.63, 3.8) is 0 Å². The van der Waals surface area contributed by atoms with E-state index in [1.807, 2.05) is 25.1 Å². The molecule has 1 rings (SSSR count). The molecule has 0 bridgehead atoms. The third kappa shape index (κ3) is 5.96. The number of hydrogen-bond acceptors (Lipinski definition) is 4. The molecule has 0 fully saturated rings. The molecule has 0 atom stereocenters. The molecular formula is C16H23NO3. The Labute approximate surface area is 121 Å². The molecule has 0 unspecified atom stereocenters. The van der Waals surface area contributed by atoms with Crippen molar-refractivity contribution in [1.29, 1.82) is 0 Å². The smallest absolute Gasteiger partial charge is 0.161 e. The van der Waals surface area contributed by atoms with Gasteiger partial charge in [-0.15, -0.1) is 12.3 Å². The fourth-order valence-corrected chi connectivity index (χ4v) is 1.68. The first-order valence-corrected chi connectivity index (χ1v) is 6.83. The quantitative estimate of drug-likeness (QED) is 0.526. The van der Waals surface area contributed by atoms with Gasteiger partial charge in [-0.25, -0.2) is 0 Å². The predicted octanol–water partition coefficient (Wildman–Crippen LogP) is 2.22. The normalized spacial score (nSPS) is 10.1. The van der Waals surface area contributed by atoms with E-state index in [1.165, 1.54) is 0 Å². The molecular weight excluding hydrogens is 254 g/mol. The van der Waals surface area contributed by atoms with Crippen molar-refractivity contribution in [2.45, 2.75) is 19.9 Å². The SMILES string of the molecule is C#CCCOc1ccc(CNCCOC)cc1OCC. The summed E-state index contributed by atoms with van der Waals surface area (Å²) in [5, 5.41) is 3.30. The molecule has 0 aliphatic heterocycles. The Bertz CT molecular complexity index is 426. The third-order valence-electron chi connectivity index (χ3n) is 2.62. The van der Waals surface area contributed by atoms with Crippen LogP contribution in [0.1, 0.15) is 18.9 Å². The lowest BCUT2D eigenvalue weighted by molar-refractivity contribution is 0.199. The highest BCUT2D eigenvalue weighted by Crippen LogP contribution is 2.28. The molecule has 0 heterocycles. The van der Waals surface area contributed by atoms with Gasteiger partial charge in [-0.1, -0.05) is 6.07 Å². The van der Waals surface area contributed by atoms with Crippen LogP contribution in [0.5, 0.6) is 11.5 Å². The van der Waals surface area contributed by atoms with Crippen LogP contribution in [0.15, 0.2) is 18.2 Å². The second-order valence-corrected chi connectivity index (χ2v) is 4.19. The summed E-state index contributed by atoms with van der Waals surface area (Å²) in [7, 11) is 1.69. The summed E-state index contributed by atoms with van der Waals surface area (Å²) < 4.78 is 16.2. The minimum Gasteiger partial charge on any atom is -0.490 e. The van der Waals surface area contributed by atoms with Crippen LogP contribution in [0.4, 0.5) is 0 Å². The van der Waals surface area contributed by atoms with E-state index in [4.69, 9.17) is 20.6 Å². The van der Waals surface area contributed by atoms with Gasteiger partial charge >= 0.3 is 0 Å². The van der Waals surface area contributed by atoms with E-state index in [1.54, 1.807) is 7.11 Å². The number of rotatable bonds is 10. The molecule has 0 spiro atoms. The van der Waals surface area contributed by atoms with Gasteiger partial charge in [0, 0.05) is 26.6 Å². The van der Waals surface area contributed by atoms with E-state index < -0.39 is 0 Å². The number of terminal acetylenes is 1. The van der Waals surface area contributed by atoms with Crippen LogP contribution in [-0.4, -0.2) is 33.5 Å². The van der Waals surface area contributed by atoms with Gasteiger partial charge in [0.05, 0.1) is 19.8 Å². The molecule has 1 aromatic rings. The highest BCUT2D eigenvalue weighted by atomic mass is 16.5. The summed E-state index contributed by atoms with van der Waals surface area (Å²) >= 11 is 0. The Kier molecular flexibility index (Phi) is 8.28. The van der Waals surface area contributed by atoms with E-state index in [0.717, 1.165) is 30.2 Å². The highest BCUT2D eigenvalue weighted by Gasteiger charge is 2.06. The Morgan fingerprint density at radius 2 is 2.05 bits per heavy atom. The van der Waals surface area contributed by atoms with E-state index in [-0.39, 0.29) is 0 Å². The molecule has 1 N–H and O–H groups in total. The van der Waals surface area contributed by atoms with Crippen molar-refractivity contribution in [2.75, 3.05) is 33.5 Å². The first kappa shape index (κ1) is 16.4. The third-order valence-corrected chi connectivity index (χ3v) is 2.62. The summed E-state index contributed by atoms with van der Waals surface area (Å²) in [4.78, 5) is 0. The molecule has 0 saturated heterocycles. The van der Waals surface area contributed by atoms with Gasteiger partial charge in [-0.2, -0.15) is 0 Å². The van der Waals surface area contributed by atoms with Crippen molar-refractivity contribution >= 4 is 0 Å². The van der Waals surface area contributed by atoms with Crippen LogP contribution >= 0.6 is 0 Å². The molecule has 0 aromatic heterocycles. The predicted molar refractivity (Wildman–Crippen MR) is 80.1 cm³/mol. The van der Waals surface area contributed by atoms with Crippen LogP contribution in [0.25, 0.3) is 0 Å². The van der Waals surface area contributed by atoms with E-state index in [2.05, 4.69) is 11.2 Å². The topological polar surface area (TPSA) is 39.7 Å². The largest absolute Gasteiger partial charge is 0.490 e. The minimum atomic E-state index is 0.502. The van der Waals surface area contributed by atoms with Crippen molar-refractivity contribution in [3.8, 4) is 23.8 Å². The highest BCUT2D eigenvalue weighted by molar-refractivity contribution is 5.43. The van der Waals surface area contributed by atoms with Gasteiger partial charge in [0.1, 0.15) is 0 Å². The lowest BCUT2D eigenvalue weighted by Gasteiger charge is -2.13. The molecule has 0 aliphatic carbocycles. The summed E-state index contributed by atoms with van der Waals surface area (Å²) in [6.45, 7) is 5.35. The molecule has 1 aromatic carbocycles. The second kappa shape index (κ2) is 10.1. The lowest BCUT2D eigenvalue weighted by atomic mass is 10.2. The molecule has 0 amide bonds. The minimum absolute atomic E-state index is 0.502. The maximum Gasteiger partial charge on any atom is 0.161 e. The van der Waals surface area contributed by atoms with Crippen molar-refractivity contribution in [1.82, 2.24) is 5.32 Å². The average Bonchev–Trinajstić information content (AvgIpc) is 2.46. The Hall–Kier alpha value is -1.70. The van der Waals surface area contributed by atoms with E-state index in [9.17, 15) is 0 Å². The number of nitrogens with one attached hydrogen (secondary N) is 1. The van der Waals surface area contributed by atoms with Gasteiger partial charge in [0.2, 0.25) is 0 Å².